The number of hydrogen-bond donors (Lipinski definition) is 1. The van der Waals surface area contributed by atoms with Crippen LogP contribution in [-0.4, -0.2) is 21.1 Å². The Morgan fingerprint density at radius 3 is 2.27 bits per heavy atom. The van der Waals surface area contributed by atoms with Crippen LogP contribution in [0.1, 0.15) is 88.0 Å². The van der Waals surface area contributed by atoms with Gasteiger partial charge in [0.25, 0.3) is 6.43 Å². The fourth-order valence-corrected chi connectivity index (χ4v) is 5.76. The van der Waals surface area contributed by atoms with Gasteiger partial charge in [-0.2, -0.15) is 11.8 Å². The minimum absolute atomic E-state index is 0.178. The van der Waals surface area contributed by atoms with Gasteiger partial charge in [-0.3, -0.25) is 4.79 Å². The SMILES string of the molecule is CCCCCCCSCCCCCCn1c(C)c(C)c2c3c(C(F)F)cc(=O)[nH]c3ccc21. The molecule has 0 spiro atoms. The van der Waals surface area contributed by atoms with Gasteiger partial charge in [-0.1, -0.05) is 45.4 Å². The molecule has 0 radical (unpaired) electrons. The van der Waals surface area contributed by atoms with Crippen LogP contribution in [0.15, 0.2) is 23.0 Å². The Morgan fingerprint density at radius 2 is 1.61 bits per heavy atom. The molecule has 3 rings (SSSR count). The molecule has 0 saturated heterocycles. The van der Waals surface area contributed by atoms with E-state index in [-0.39, 0.29) is 5.56 Å². The summed E-state index contributed by atoms with van der Waals surface area (Å²) in [5.41, 5.74) is 2.92. The lowest BCUT2D eigenvalue weighted by atomic mass is 10.0. The van der Waals surface area contributed by atoms with E-state index in [0.717, 1.165) is 41.2 Å². The van der Waals surface area contributed by atoms with E-state index in [0.29, 0.717) is 10.9 Å². The van der Waals surface area contributed by atoms with Crippen LogP contribution in [0.2, 0.25) is 0 Å². The van der Waals surface area contributed by atoms with Crippen LogP contribution in [0.4, 0.5) is 8.78 Å². The van der Waals surface area contributed by atoms with Crippen LogP contribution < -0.4 is 5.56 Å². The number of thioether (sulfide) groups is 1. The standard InChI is InChI=1S/C27H38F2N2OS/c1-4-5-6-8-11-16-33-17-12-9-7-10-15-31-20(3)19(2)25-23(31)14-13-22-26(25)21(27(28)29)18-24(32)30-22/h13-14,18,27H,4-12,15-17H2,1-3H3,(H,30,32). The molecule has 1 aromatic carbocycles. The zero-order valence-electron chi connectivity index (χ0n) is 20.3. The quantitative estimate of drug-likeness (QED) is 0.238. The fraction of sp³-hybridized carbons (Fsp3) is 0.593. The number of benzene rings is 1. The number of alkyl halides is 2. The number of aromatic amines is 1. The molecule has 182 valence electrons. The molecule has 0 aliphatic rings. The van der Waals surface area contributed by atoms with Crippen molar-refractivity contribution in [2.75, 3.05) is 11.5 Å². The van der Waals surface area contributed by atoms with Crippen molar-refractivity contribution in [2.45, 2.75) is 91.5 Å². The molecule has 0 bridgehead atoms. The first-order valence-corrected chi connectivity index (χ1v) is 13.6. The first-order chi connectivity index (χ1) is 16.0. The Bertz CT molecular complexity index is 1100. The molecule has 0 fully saturated rings. The number of nitrogens with zero attached hydrogens (tertiary/aromatic N) is 1. The van der Waals surface area contributed by atoms with Crippen molar-refractivity contribution in [1.29, 1.82) is 0 Å². The van der Waals surface area contributed by atoms with Gasteiger partial charge in [-0.05, 0) is 62.3 Å². The molecule has 0 aliphatic heterocycles. The highest BCUT2D eigenvalue weighted by Crippen LogP contribution is 2.36. The van der Waals surface area contributed by atoms with Crippen molar-refractivity contribution in [1.82, 2.24) is 9.55 Å². The maximum atomic E-state index is 13.8. The number of aromatic nitrogens is 2. The zero-order chi connectivity index (χ0) is 23.8. The third kappa shape index (κ3) is 6.40. The van der Waals surface area contributed by atoms with Gasteiger partial charge >= 0.3 is 0 Å². The molecule has 1 N–H and O–H groups in total. The minimum Gasteiger partial charge on any atom is -0.345 e. The number of hydrogen-bond acceptors (Lipinski definition) is 2. The molecule has 33 heavy (non-hydrogen) atoms. The predicted octanol–water partition coefficient (Wildman–Crippen LogP) is 8.30. The van der Waals surface area contributed by atoms with Crippen LogP contribution in [-0.2, 0) is 6.54 Å². The summed E-state index contributed by atoms with van der Waals surface area (Å²) in [6, 6.07) is 4.77. The van der Waals surface area contributed by atoms with Crippen LogP contribution in [0.5, 0.6) is 0 Å². The molecular weight excluding hydrogens is 438 g/mol. The third-order valence-electron chi connectivity index (χ3n) is 6.68. The lowest BCUT2D eigenvalue weighted by molar-refractivity contribution is 0.153. The summed E-state index contributed by atoms with van der Waals surface area (Å²) in [7, 11) is 0. The van der Waals surface area contributed by atoms with E-state index < -0.39 is 12.0 Å². The number of pyridine rings is 1. The molecule has 0 unspecified atom stereocenters. The van der Waals surface area contributed by atoms with E-state index in [4.69, 9.17) is 0 Å². The highest BCUT2D eigenvalue weighted by atomic mass is 32.2. The summed E-state index contributed by atoms with van der Waals surface area (Å²) in [5, 5.41) is 1.32. The largest absolute Gasteiger partial charge is 0.345 e. The smallest absolute Gasteiger partial charge is 0.264 e. The summed E-state index contributed by atoms with van der Waals surface area (Å²) in [6.07, 6.45) is 8.84. The van der Waals surface area contributed by atoms with Crippen molar-refractivity contribution in [3.8, 4) is 0 Å². The molecule has 6 heteroatoms. The van der Waals surface area contributed by atoms with E-state index in [1.165, 1.54) is 62.9 Å². The first-order valence-electron chi connectivity index (χ1n) is 12.5. The lowest BCUT2D eigenvalue weighted by Crippen LogP contribution is -2.07. The van der Waals surface area contributed by atoms with Gasteiger partial charge in [0.15, 0.2) is 0 Å². The van der Waals surface area contributed by atoms with E-state index in [1.54, 1.807) is 6.07 Å². The van der Waals surface area contributed by atoms with Crippen LogP contribution in [0.3, 0.4) is 0 Å². The van der Waals surface area contributed by atoms with Crippen molar-refractivity contribution in [2.24, 2.45) is 0 Å². The van der Waals surface area contributed by atoms with Crippen LogP contribution in [0, 0.1) is 13.8 Å². The summed E-state index contributed by atoms with van der Waals surface area (Å²) in [5.74, 6) is 2.54. The van der Waals surface area contributed by atoms with Gasteiger partial charge in [0.2, 0.25) is 5.56 Å². The van der Waals surface area contributed by atoms with Crippen molar-refractivity contribution in [3.63, 3.8) is 0 Å². The summed E-state index contributed by atoms with van der Waals surface area (Å²) >= 11 is 2.09. The van der Waals surface area contributed by atoms with Gasteiger partial charge in [0, 0.05) is 45.7 Å². The van der Waals surface area contributed by atoms with E-state index in [9.17, 15) is 13.6 Å². The summed E-state index contributed by atoms with van der Waals surface area (Å²) < 4.78 is 29.8. The lowest BCUT2D eigenvalue weighted by Gasteiger charge is -2.10. The molecule has 2 heterocycles. The third-order valence-corrected chi connectivity index (χ3v) is 7.83. The van der Waals surface area contributed by atoms with Gasteiger partial charge < -0.3 is 9.55 Å². The second-order valence-corrected chi connectivity index (χ2v) is 10.3. The zero-order valence-corrected chi connectivity index (χ0v) is 21.1. The Morgan fingerprint density at radius 1 is 0.939 bits per heavy atom. The normalized spacial score (nSPS) is 11.9. The minimum atomic E-state index is -2.68. The number of halogens is 2. The molecule has 0 amide bonds. The number of H-pyrrole nitrogens is 1. The molecule has 0 aliphatic carbocycles. The van der Waals surface area contributed by atoms with E-state index in [2.05, 4.69) is 35.2 Å². The monoisotopic (exact) mass is 476 g/mol. The number of fused-ring (bicyclic) bond motifs is 3. The summed E-state index contributed by atoms with van der Waals surface area (Å²) in [6.45, 7) is 7.20. The van der Waals surface area contributed by atoms with Gasteiger partial charge in [-0.15, -0.1) is 0 Å². The topological polar surface area (TPSA) is 37.8 Å². The van der Waals surface area contributed by atoms with Gasteiger partial charge in [0.1, 0.15) is 0 Å². The molecule has 0 atom stereocenters. The first kappa shape index (κ1) is 25.8. The van der Waals surface area contributed by atoms with Crippen molar-refractivity contribution >= 4 is 33.6 Å². The second kappa shape index (κ2) is 12.6. The molecular formula is C27H38F2N2OS. The average Bonchev–Trinajstić information content (AvgIpc) is 3.03. The maximum Gasteiger partial charge on any atom is 0.264 e. The van der Waals surface area contributed by atoms with Crippen molar-refractivity contribution < 1.29 is 8.78 Å². The Kier molecular flexibility index (Phi) is 9.84. The highest BCUT2D eigenvalue weighted by molar-refractivity contribution is 7.99. The Balaban J connectivity index is 1.58. The molecule has 3 aromatic rings. The Hall–Kier alpha value is -1.82. The number of aryl methyl sites for hydroxylation is 2. The van der Waals surface area contributed by atoms with Gasteiger partial charge in [-0.25, -0.2) is 8.78 Å². The molecule has 3 nitrogen and oxygen atoms in total. The van der Waals surface area contributed by atoms with Crippen LogP contribution >= 0.6 is 11.8 Å². The fourth-order valence-electron chi connectivity index (χ4n) is 4.74. The predicted molar refractivity (Wildman–Crippen MR) is 139 cm³/mol. The molecule has 2 aromatic heterocycles. The average molecular weight is 477 g/mol. The van der Waals surface area contributed by atoms with E-state index >= 15 is 0 Å². The summed E-state index contributed by atoms with van der Waals surface area (Å²) in [4.78, 5) is 14.6. The maximum absolute atomic E-state index is 13.8. The van der Waals surface area contributed by atoms with Crippen LogP contribution in [0.25, 0.3) is 21.8 Å². The van der Waals surface area contributed by atoms with Crippen molar-refractivity contribution in [3.05, 3.63) is 45.4 Å². The number of nitrogens with one attached hydrogen (secondary N) is 1. The highest BCUT2D eigenvalue weighted by Gasteiger charge is 2.20. The second-order valence-electron chi connectivity index (χ2n) is 9.07. The Labute approximate surface area is 200 Å². The molecule has 0 saturated carbocycles. The number of unbranched alkanes of at least 4 members (excludes halogenated alkanes) is 7. The number of rotatable bonds is 14. The van der Waals surface area contributed by atoms with E-state index in [1.807, 2.05) is 13.0 Å². The van der Waals surface area contributed by atoms with Gasteiger partial charge in [0.05, 0.1) is 0 Å².